The molecule has 2 heterocycles. The summed E-state index contributed by atoms with van der Waals surface area (Å²) in [6, 6.07) is -0.473. The van der Waals surface area contributed by atoms with Gasteiger partial charge in [0.05, 0.1) is 18.5 Å². The van der Waals surface area contributed by atoms with Gasteiger partial charge in [-0.15, -0.1) is 0 Å². The van der Waals surface area contributed by atoms with Crippen molar-refractivity contribution in [2.45, 2.75) is 25.5 Å². The highest BCUT2D eigenvalue weighted by Crippen LogP contribution is 2.16. The van der Waals surface area contributed by atoms with Crippen LogP contribution in [0.3, 0.4) is 0 Å². The van der Waals surface area contributed by atoms with Crippen LogP contribution in [0.25, 0.3) is 0 Å². The predicted molar refractivity (Wildman–Crippen MR) is 69.9 cm³/mol. The molecular formula is C11H21N3O4S. The smallest absolute Gasteiger partial charge is 0.237 e. The van der Waals surface area contributed by atoms with E-state index < -0.39 is 22.0 Å². The number of primary amides is 1. The molecule has 2 saturated heterocycles. The van der Waals surface area contributed by atoms with Crippen molar-refractivity contribution in [1.29, 1.82) is 0 Å². The highest BCUT2D eigenvalue weighted by atomic mass is 32.2. The Hall–Kier alpha value is -0.700. The predicted octanol–water partition coefficient (Wildman–Crippen LogP) is -1.40. The van der Waals surface area contributed by atoms with Crippen molar-refractivity contribution in [2.24, 2.45) is 5.73 Å². The Morgan fingerprint density at radius 3 is 2.68 bits per heavy atom. The second kappa shape index (κ2) is 5.74. The maximum Gasteiger partial charge on any atom is 0.237 e. The molecule has 0 bridgehead atoms. The molecule has 0 aliphatic carbocycles. The molecule has 2 aliphatic rings. The molecule has 2 rings (SSSR count). The second-order valence-electron chi connectivity index (χ2n) is 5.03. The molecule has 2 N–H and O–H groups in total. The van der Waals surface area contributed by atoms with E-state index in [4.69, 9.17) is 10.5 Å². The normalized spacial score (nSPS) is 32.5. The highest BCUT2D eigenvalue weighted by molar-refractivity contribution is 7.89. The topological polar surface area (TPSA) is 92.9 Å². The van der Waals surface area contributed by atoms with E-state index in [0.717, 1.165) is 0 Å². The lowest BCUT2D eigenvalue weighted by molar-refractivity contribution is -0.135. The van der Waals surface area contributed by atoms with Gasteiger partial charge >= 0.3 is 0 Å². The van der Waals surface area contributed by atoms with Gasteiger partial charge < -0.3 is 10.5 Å². The molecule has 0 unspecified atom stereocenters. The number of hydrogen-bond acceptors (Lipinski definition) is 5. The van der Waals surface area contributed by atoms with Gasteiger partial charge in [-0.25, -0.2) is 12.7 Å². The molecule has 1 amide bonds. The zero-order valence-electron chi connectivity index (χ0n) is 11.1. The van der Waals surface area contributed by atoms with Crippen molar-refractivity contribution >= 4 is 15.9 Å². The van der Waals surface area contributed by atoms with E-state index in [1.165, 1.54) is 4.31 Å². The molecule has 19 heavy (non-hydrogen) atoms. The number of rotatable bonds is 4. The summed E-state index contributed by atoms with van der Waals surface area (Å²) >= 11 is 0. The zero-order chi connectivity index (χ0) is 14.0. The van der Waals surface area contributed by atoms with E-state index in [-0.39, 0.29) is 11.9 Å². The van der Waals surface area contributed by atoms with Gasteiger partial charge in [-0.2, -0.15) is 0 Å². The number of hydrogen-bond donors (Lipinski definition) is 1. The molecule has 7 nitrogen and oxygen atoms in total. The van der Waals surface area contributed by atoms with Crippen LogP contribution in [0.1, 0.15) is 13.3 Å². The first-order valence-electron chi connectivity index (χ1n) is 6.54. The number of carbonyl (C=O) groups excluding carboxylic acids is 1. The minimum absolute atomic E-state index is 0.228. The first kappa shape index (κ1) is 14.7. The number of nitrogens with zero attached hydrogens (tertiary/aromatic N) is 2. The molecule has 0 aromatic carbocycles. The summed E-state index contributed by atoms with van der Waals surface area (Å²) in [6.07, 6.45) is 0.433. The Balaban J connectivity index is 1.95. The maximum atomic E-state index is 11.7. The Kier molecular flexibility index (Phi) is 4.44. The van der Waals surface area contributed by atoms with Gasteiger partial charge in [-0.1, -0.05) is 0 Å². The van der Waals surface area contributed by atoms with Gasteiger partial charge in [0, 0.05) is 26.2 Å². The van der Waals surface area contributed by atoms with Crippen LogP contribution in [0.5, 0.6) is 0 Å². The van der Waals surface area contributed by atoms with Crippen LogP contribution in [0.2, 0.25) is 0 Å². The second-order valence-corrected chi connectivity index (χ2v) is 7.12. The van der Waals surface area contributed by atoms with Crippen LogP contribution < -0.4 is 5.73 Å². The van der Waals surface area contributed by atoms with Gasteiger partial charge in [0.2, 0.25) is 15.9 Å². The third-order valence-electron chi connectivity index (χ3n) is 3.73. The third-order valence-corrected chi connectivity index (χ3v) is 5.69. The Labute approximate surface area is 113 Å². The molecule has 0 aromatic rings. The first-order valence-corrected chi connectivity index (χ1v) is 8.15. The number of ether oxygens (including phenoxy) is 1. The minimum atomic E-state index is -3.08. The van der Waals surface area contributed by atoms with Crippen molar-refractivity contribution in [3.63, 3.8) is 0 Å². The van der Waals surface area contributed by atoms with Crippen molar-refractivity contribution in [3.8, 4) is 0 Å². The quantitative estimate of drug-likeness (QED) is 0.687. The van der Waals surface area contributed by atoms with Crippen LogP contribution in [-0.2, 0) is 19.6 Å². The van der Waals surface area contributed by atoms with Crippen molar-refractivity contribution in [3.05, 3.63) is 0 Å². The van der Waals surface area contributed by atoms with Crippen LogP contribution in [0, 0.1) is 0 Å². The first-order chi connectivity index (χ1) is 8.92. The summed E-state index contributed by atoms with van der Waals surface area (Å²) in [4.78, 5) is 13.4. The van der Waals surface area contributed by atoms with E-state index >= 15 is 0 Å². The average Bonchev–Trinajstić information content (AvgIpc) is 2.65. The van der Waals surface area contributed by atoms with Gasteiger partial charge in [-0.3, -0.25) is 9.69 Å². The van der Waals surface area contributed by atoms with Crippen molar-refractivity contribution in [2.75, 3.05) is 38.5 Å². The third kappa shape index (κ3) is 3.25. The summed E-state index contributed by atoms with van der Waals surface area (Å²) < 4.78 is 30.3. The molecule has 2 aliphatic heterocycles. The average molecular weight is 291 g/mol. The maximum absolute atomic E-state index is 11.7. The molecular weight excluding hydrogens is 270 g/mol. The summed E-state index contributed by atoms with van der Waals surface area (Å²) in [5, 5.41) is 0. The lowest BCUT2D eigenvalue weighted by Crippen LogP contribution is -2.57. The lowest BCUT2D eigenvalue weighted by Gasteiger charge is -2.38. The van der Waals surface area contributed by atoms with E-state index in [9.17, 15) is 13.2 Å². The van der Waals surface area contributed by atoms with E-state index in [1.807, 2.05) is 11.8 Å². The van der Waals surface area contributed by atoms with Gasteiger partial charge in [0.25, 0.3) is 0 Å². The Morgan fingerprint density at radius 2 is 2.11 bits per heavy atom. The standard InChI is InChI=1S/C11H21N3O4S/c1-9-10(11(12)15)13(6-7-18-9)4-5-14-3-2-8-19(14,16)17/h9-10H,2-8H2,1H3,(H2,12,15)/t9-,10+/m1/s1. The van der Waals surface area contributed by atoms with Gasteiger partial charge in [-0.05, 0) is 13.3 Å². The molecule has 2 atom stereocenters. The Morgan fingerprint density at radius 1 is 1.37 bits per heavy atom. The fraction of sp³-hybridized carbons (Fsp3) is 0.909. The molecule has 110 valence electrons. The van der Waals surface area contributed by atoms with E-state index in [1.54, 1.807) is 0 Å². The van der Waals surface area contributed by atoms with E-state index in [2.05, 4.69) is 0 Å². The SMILES string of the molecule is C[C@H]1OCCN(CCN2CCCS2(=O)=O)[C@@H]1C(N)=O. The molecule has 0 spiro atoms. The summed E-state index contributed by atoms with van der Waals surface area (Å²) in [6.45, 7) is 4.46. The van der Waals surface area contributed by atoms with E-state index in [0.29, 0.717) is 39.2 Å². The monoisotopic (exact) mass is 291 g/mol. The molecule has 0 aromatic heterocycles. The molecule has 2 fully saturated rings. The largest absolute Gasteiger partial charge is 0.375 e. The van der Waals surface area contributed by atoms with Crippen molar-refractivity contribution < 1.29 is 17.9 Å². The highest BCUT2D eigenvalue weighted by Gasteiger charge is 2.35. The summed E-state index contributed by atoms with van der Waals surface area (Å²) in [5.41, 5.74) is 5.39. The fourth-order valence-electron chi connectivity index (χ4n) is 2.73. The van der Waals surface area contributed by atoms with Crippen LogP contribution in [0.4, 0.5) is 0 Å². The fourth-order valence-corrected chi connectivity index (χ4v) is 4.25. The van der Waals surface area contributed by atoms with Crippen LogP contribution >= 0.6 is 0 Å². The molecule has 0 radical (unpaired) electrons. The summed E-state index contributed by atoms with van der Waals surface area (Å²) in [7, 11) is -3.08. The minimum Gasteiger partial charge on any atom is -0.375 e. The van der Waals surface area contributed by atoms with Crippen LogP contribution in [0.15, 0.2) is 0 Å². The van der Waals surface area contributed by atoms with Crippen LogP contribution in [-0.4, -0.2) is 74.2 Å². The lowest BCUT2D eigenvalue weighted by atomic mass is 10.1. The zero-order valence-corrected chi connectivity index (χ0v) is 11.9. The summed E-state index contributed by atoms with van der Waals surface area (Å²) in [5.74, 6) is -0.192. The van der Waals surface area contributed by atoms with Gasteiger partial charge in [0.1, 0.15) is 6.04 Å². The Bertz CT molecular complexity index is 439. The van der Waals surface area contributed by atoms with Gasteiger partial charge in [0.15, 0.2) is 0 Å². The number of morpholine rings is 1. The number of carbonyl (C=O) groups is 1. The van der Waals surface area contributed by atoms with Crippen molar-refractivity contribution in [1.82, 2.24) is 9.21 Å². The number of amides is 1. The number of sulfonamides is 1. The molecule has 0 saturated carbocycles. The number of nitrogens with two attached hydrogens (primary N) is 1. The molecule has 8 heteroatoms.